The molecule has 3 aliphatic carbocycles. The molecule has 0 spiro atoms. The Morgan fingerprint density at radius 3 is 2.25 bits per heavy atom. The number of hydrogen-bond donors (Lipinski definition) is 0. The van der Waals surface area contributed by atoms with Crippen LogP contribution in [0.4, 0.5) is 0 Å². The van der Waals surface area contributed by atoms with Gasteiger partial charge < -0.3 is 9.47 Å². The molecule has 0 aromatic heterocycles. The zero-order chi connectivity index (χ0) is 17.3. The second-order valence-electron chi connectivity index (χ2n) is 6.70. The van der Waals surface area contributed by atoms with Gasteiger partial charge in [-0.25, -0.2) is 0 Å². The minimum absolute atomic E-state index is 0.0804. The van der Waals surface area contributed by atoms with Crippen LogP contribution in [0.1, 0.15) is 52.4 Å². The summed E-state index contributed by atoms with van der Waals surface area (Å²) in [6.45, 7) is 3.86. The number of esters is 2. The molecular formula is C19H24O5. The average molecular weight is 332 g/mol. The fourth-order valence-electron chi connectivity index (χ4n) is 4.22. The van der Waals surface area contributed by atoms with Gasteiger partial charge in [0.1, 0.15) is 0 Å². The van der Waals surface area contributed by atoms with Crippen LogP contribution in [-0.2, 0) is 23.9 Å². The Morgan fingerprint density at radius 1 is 1.08 bits per heavy atom. The van der Waals surface area contributed by atoms with Crippen molar-refractivity contribution in [2.75, 3.05) is 13.2 Å². The Hall–Kier alpha value is -1.91. The highest BCUT2D eigenvalue weighted by atomic mass is 16.6. The number of ether oxygens (including phenoxy) is 2. The van der Waals surface area contributed by atoms with E-state index in [4.69, 9.17) is 9.47 Å². The van der Waals surface area contributed by atoms with E-state index in [1.165, 1.54) is 0 Å². The molecule has 0 fully saturated rings. The van der Waals surface area contributed by atoms with Gasteiger partial charge in [-0.15, -0.1) is 0 Å². The highest BCUT2D eigenvalue weighted by Crippen LogP contribution is 2.51. The van der Waals surface area contributed by atoms with Gasteiger partial charge in [0.15, 0.2) is 11.2 Å². The summed E-state index contributed by atoms with van der Waals surface area (Å²) in [4.78, 5) is 37.7. The van der Waals surface area contributed by atoms with Gasteiger partial charge in [-0.2, -0.15) is 0 Å². The minimum Gasteiger partial charge on any atom is -0.465 e. The number of fused-ring (bicyclic) bond motifs is 2. The number of Topliss-reactive ketones (excluding diaryl/α,β-unsaturated/α-hetero) is 1. The maximum Gasteiger partial charge on any atom is 0.327 e. The van der Waals surface area contributed by atoms with E-state index in [2.05, 4.69) is 0 Å². The first-order valence-electron chi connectivity index (χ1n) is 8.86. The molecule has 1 atom stereocenters. The molecule has 130 valence electrons. The summed E-state index contributed by atoms with van der Waals surface area (Å²) in [6, 6.07) is 0. The second kappa shape index (κ2) is 6.54. The molecule has 0 bridgehead atoms. The molecule has 5 heteroatoms. The zero-order valence-electron chi connectivity index (χ0n) is 14.4. The Morgan fingerprint density at radius 2 is 1.67 bits per heavy atom. The Kier molecular flexibility index (Phi) is 4.61. The van der Waals surface area contributed by atoms with Crippen molar-refractivity contribution in [2.24, 2.45) is 11.3 Å². The molecule has 0 amide bonds. The lowest BCUT2D eigenvalue weighted by molar-refractivity contribution is -0.168. The van der Waals surface area contributed by atoms with Crippen LogP contribution in [0.3, 0.4) is 0 Å². The molecule has 24 heavy (non-hydrogen) atoms. The van der Waals surface area contributed by atoms with Crippen LogP contribution < -0.4 is 0 Å². The third kappa shape index (κ3) is 2.60. The summed E-state index contributed by atoms with van der Waals surface area (Å²) in [6.07, 6.45) is 6.15. The van der Waals surface area contributed by atoms with Gasteiger partial charge in [-0.1, -0.05) is 6.08 Å². The first kappa shape index (κ1) is 16.9. The van der Waals surface area contributed by atoms with Crippen molar-refractivity contribution in [1.82, 2.24) is 0 Å². The lowest BCUT2D eigenvalue weighted by Crippen LogP contribution is -2.39. The van der Waals surface area contributed by atoms with E-state index >= 15 is 0 Å². The van der Waals surface area contributed by atoms with Gasteiger partial charge in [0.25, 0.3) is 0 Å². The monoisotopic (exact) mass is 332 g/mol. The Labute approximate surface area is 142 Å². The van der Waals surface area contributed by atoms with Crippen molar-refractivity contribution in [3.8, 4) is 0 Å². The van der Waals surface area contributed by atoms with Crippen molar-refractivity contribution in [3.05, 3.63) is 22.8 Å². The molecule has 0 aromatic carbocycles. The largest absolute Gasteiger partial charge is 0.465 e. The number of rotatable bonds is 4. The maximum absolute atomic E-state index is 12.6. The quantitative estimate of drug-likeness (QED) is 0.585. The van der Waals surface area contributed by atoms with Crippen LogP contribution in [0, 0.1) is 11.3 Å². The normalized spacial score (nSPS) is 24.8. The third-order valence-electron chi connectivity index (χ3n) is 5.27. The molecular weight excluding hydrogens is 308 g/mol. The van der Waals surface area contributed by atoms with Gasteiger partial charge in [-0.3, -0.25) is 14.4 Å². The van der Waals surface area contributed by atoms with Crippen LogP contribution in [0.5, 0.6) is 0 Å². The van der Waals surface area contributed by atoms with Crippen LogP contribution in [-0.4, -0.2) is 30.9 Å². The highest BCUT2D eigenvalue weighted by Gasteiger charge is 2.55. The van der Waals surface area contributed by atoms with Gasteiger partial charge in [0.2, 0.25) is 0 Å². The molecule has 0 aromatic rings. The topological polar surface area (TPSA) is 69.7 Å². The number of carbonyl (C=O) groups excluding carboxylic acids is 3. The molecule has 0 aliphatic heterocycles. The van der Waals surface area contributed by atoms with E-state index in [1.54, 1.807) is 19.9 Å². The summed E-state index contributed by atoms with van der Waals surface area (Å²) >= 11 is 0. The second-order valence-corrected chi connectivity index (χ2v) is 6.70. The van der Waals surface area contributed by atoms with Crippen LogP contribution in [0.15, 0.2) is 22.8 Å². The summed E-state index contributed by atoms with van der Waals surface area (Å²) in [7, 11) is 0. The summed E-state index contributed by atoms with van der Waals surface area (Å²) in [5, 5.41) is 0. The van der Waals surface area contributed by atoms with Crippen molar-refractivity contribution < 1.29 is 23.9 Å². The zero-order valence-corrected chi connectivity index (χ0v) is 14.4. The van der Waals surface area contributed by atoms with E-state index in [1.807, 2.05) is 0 Å². The fraction of sp³-hybridized carbons (Fsp3) is 0.632. The molecule has 3 rings (SSSR count). The lowest BCUT2D eigenvalue weighted by Gasteiger charge is -2.29. The minimum atomic E-state index is -1.40. The standard InChI is InChI=1S/C19H24O5/c1-3-23-17(21)19(18(22)24-4-2)10-12-9-16(20)14-8-6-5-7-13(14)15(12)11-19/h11-12H,3-10H2,1-2H3. The highest BCUT2D eigenvalue weighted by molar-refractivity contribution is 6.05. The van der Waals surface area contributed by atoms with Crippen LogP contribution in [0.2, 0.25) is 0 Å². The maximum atomic E-state index is 12.6. The molecule has 0 N–H and O–H groups in total. The van der Waals surface area contributed by atoms with Gasteiger partial charge >= 0.3 is 11.9 Å². The average Bonchev–Trinajstić information content (AvgIpc) is 2.97. The molecule has 5 nitrogen and oxygen atoms in total. The van der Waals surface area contributed by atoms with E-state index in [9.17, 15) is 14.4 Å². The number of carbonyl (C=O) groups is 3. The summed E-state index contributed by atoms with van der Waals surface area (Å²) in [5.74, 6) is -1.02. The van der Waals surface area contributed by atoms with E-state index in [-0.39, 0.29) is 31.3 Å². The fourth-order valence-corrected chi connectivity index (χ4v) is 4.22. The predicted octanol–water partition coefficient (Wildman–Crippen LogP) is 2.89. The van der Waals surface area contributed by atoms with Crippen LogP contribution in [0.25, 0.3) is 0 Å². The van der Waals surface area contributed by atoms with Crippen molar-refractivity contribution in [1.29, 1.82) is 0 Å². The summed E-state index contributed by atoms with van der Waals surface area (Å²) in [5.41, 5.74) is 1.59. The predicted molar refractivity (Wildman–Crippen MR) is 87.0 cm³/mol. The third-order valence-corrected chi connectivity index (χ3v) is 5.27. The van der Waals surface area contributed by atoms with Crippen LogP contribution >= 0.6 is 0 Å². The molecule has 3 aliphatic rings. The van der Waals surface area contributed by atoms with Gasteiger partial charge in [0, 0.05) is 6.42 Å². The molecule has 0 heterocycles. The molecule has 0 radical (unpaired) electrons. The summed E-state index contributed by atoms with van der Waals surface area (Å²) < 4.78 is 10.4. The molecule has 0 saturated carbocycles. The Bertz CT molecular complexity index is 622. The van der Waals surface area contributed by atoms with Crippen molar-refractivity contribution in [3.63, 3.8) is 0 Å². The Balaban J connectivity index is 2.04. The van der Waals surface area contributed by atoms with Gasteiger partial charge in [0.05, 0.1) is 13.2 Å². The first-order valence-corrected chi connectivity index (χ1v) is 8.86. The molecule has 1 unspecified atom stereocenters. The van der Waals surface area contributed by atoms with E-state index in [0.29, 0.717) is 6.42 Å². The van der Waals surface area contributed by atoms with E-state index in [0.717, 1.165) is 42.4 Å². The molecule has 0 saturated heterocycles. The van der Waals surface area contributed by atoms with Crippen molar-refractivity contribution >= 4 is 17.7 Å². The van der Waals surface area contributed by atoms with Crippen molar-refractivity contribution in [2.45, 2.75) is 52.4 Å². The number of allylic oxidation sites excluding steroid dienone is 3. The first-order chi connectivity index (χ1) is 11.5. The van der Waals surface area contributed by atoms with Gasteiger partial charge in [-0.05, 0) is 68.6 Å². The number of hydrogen-bond acceptors (Lipinski definition) is 5. The SMILES string of the molecule is CCOC(=O)C1(C(=O)OCC)C=C2C3=C(CCCC3)C(=O)CC2C1. The lowest BCUT2D eigenvalue weighted by atomic mass is 9.74. The smallest absolute Gasteiger partial charge is 0.327 e. The van der Waals surface area contributed by atoms with E-state index < -0.39 is 17.4 Å². The number of ketones is 1.